The Balaban J connectivity index is 2.64. The van der Waals surface area contributed by atoms with Gasteiger partial charge >= 0.3 is 7.12 Å². The molecule has 17 heavy (non-hydrogen) atoms. The van der Waals surface area contributed by atoms with Crippen LogP contribution in [-0.2, 0) is 9.31 Å². The minimum Gasteiger partial charge on any atom is -0.403 e. The Morgan fingerprint density at radius 3 is 1.82 bits per heavy atom. The lowest BCUT2D eigenvalue weighted by Gasteiger charge is -2.32. The van der Waals surface area contributed by atoms with Crippen LogP contribution in [0.4, 0.5) is 0 Å². The van der Waals surface area contributed by atoms with Gasteiger partial charge in [0.1, 0.15) is 0 Å². The molecule has 0 aromatic rings. The zero-order chi connectivity index (χ0) is 13.1. The molecule has 1 saturated heterocycles. The van der Waals surface area contributed by atoms with Gasteiger partial charge in [-0.25, -0.2) is 0 Å². The van der Waals surface area contributed by atoms with Gasteiger partial charge < -0.3 is 9.31 Å². The molecule has 100 valence electrons. The SMILES string of the molecule is CCCCC(CCC)B1OC(C)(C)C(C)(C)O1. The first-order valence-corrected chi connectivity index (χ1v) is 7.19. The van der Waals surface area contributed by atoms with E-state index in [1.165, 1.54) is 32.1 Å². The van der Waals surface area contributed by atoms with Gasteiger partial charge in [0.2, 0.25) is 0 Å². The van der Waals surface area contributed by atoms with Gasteiger partial charge in [-0.05, 0) is 33.5 Å². The third-order valence-corrected chi connectivity index (χ3v) is 4.24. The first-order chi connectivity index (χ1) is 7.84. The minimum absolute atomic E-state index is 0.00787. The van der Waals surface area contributed by atoms with E-state index in [1.807, 2.05) is 0 Å². The molecule has 0 aromatic heterocycles. The standard InChI is InChI=1S/C14H29BO2/c1-7-9-11-12(10-8-2)15-16-13(3,4)14(5,6)17-15/h12H,7-11H2,1-6H3. The molecule has 0 radical (unpaired) electrons. The molecule has 0 saturated carbocycles. The van der Waals surface area contributed by atoms with Crippen molar-refractivity contribution >= 4 is 7.12 Å². The molecule has 1 rings (SSSR count). The molecule has 0 bridgehead atoms. The van der Waals surface area contributed by atoms with Crippen molar-refractivity contribution in [2.45, 2.75) is 90.7 Å². The van der Waals surface area contributed by atoms with Crippen molar-refractivity contribution in [3.63, 3.8) is 0 Å². The van der Waals surface area contributed by atoms with E-state index in [-0.39, 0.29) is 18.3 Å². The Hall–Kier alpha value is -0.0151. The maximum Gasteiger partial charge on any atom is 0.461 e. The highest BCUT2D eigenvalue weighted by molar-refractivity contribution is 6.47. The average Bonchev–Trinajstić information content (AvgIpc) is 2.43. The monoisotopic (exact) mass is 240 g/mol. The summed E-state index contributed by atoms with van der Waals surface area (Å²) in [5, 5.41) is 0. The van der Waals surface area contributed by atoms with Crippen molar-refractivity contribution in [1.82, 2.24) is 0 Å². The van der Waals surface area contributed by atoms with Crippen molar-refractivity contribution in [1.29, 1.82) is 0 Å². The highest BCUT2D eigenvalue weighted by Crippen LogP contribution is 2.42. The second-order valence-corrected chi connectivity index (χ2v) is 6.32. The quantitative estimate of drug-likeness (QED) is 0.639. The molecule has 1 unspecified atom stereocenters. The van der Waals surface area contributed by atoms with E-state index >= 15 is 0 Å². The van der Waals surface area contributed by atoms with Gasteiger partial charge in [0.15, 0.2) is 0 Å². The van der Waals surface area contributed by atoms with Crippen molar-refractivity contribution < 1.29 is 9.31 Å². The third-order valence-electron chi connectivity index (χ3n) is 4.24. The van der Waals surface area contributed by atoms with Crippen LogP contribution in [0, 0.1) is 0 Å². The minimum atomic E-state index is -0.185. The van der Waals surface area contributed by atoms with Crippen LogP contribution in [0.5, 0.6) is 0 Å². The second kappa shape index (κ2) is 5.75. The van der Waals surface area contributed by atoms with Gasteiger partial charge in [-0.1, -0.05) is 46.0 Å². The predicted molar refractivity (Wildman–Crippen MR) is 74.3 cm³/mol. The molecule has 1 atom stereocenters. The van der Waals surface area contributed by atoms with Gasteiger partial charge in [0.25, 0.3) is 0 Å². The zero-order valence-corrected chi connectivity index (χ0v) is 12.5. The van der Waals surface area contributed by atoms with Crippen LogP contribution >= 0.6 is 0 Å². The summed E-state index contributed by atoms with van der Waals surface area (Å²) in [4.78, 5) is 0. The highest BCUT2D eigenvalue weighted by atomic mass is 16.7. The van der Waals surface area contributed by atoms with Gasteiger partial charge in [0, 0.05) is 0 Å². The number of unbranched alkanes of at least 4 members (excludes halogenated alkanes) is 1. The summed E-state index contributed by atoms with van der Waals surface area (Å²) in [6.07, 6.45) is 6.16. The number of hydrogen-bond donors (Lipinski definition) is 0. The third kappa shape index (κ3) is 3.48. The summed E-state index contributed by atoms with van der Waals surface area (Å²) in [5.41, 5.74) is -0.369. The number of hydrogen-bond acceptors (Lipinski definition) is 2. The Kier molecular flexibility index (Phi) is 5.09. The molecule has 1 heterocycles. The fraction of sp³-hybridized carbons (Fsp3) is 1.00. The molecule has 2 nitrogen and oxygen atoms in total. The van der Waals surface area contributed by atoms with Crippen molar-refractivity contribution in [2.75, 3.05) is 0 Å². The lowest BCUT2D eigenvalue weighted by molar-refractivity contribution is 0.00578. The van der Waals surface area contributed by atoms with E-state index < -0.39 is 0 Å². The molecule has 3 heteroatoms. The van der Waals surface area contributed by atoms with Crippen molar-refractivity contribution in [3.05, 3.63) is 0 Å². The summed E-state index contributed by atoms with van der Waals surface area (Å²) >= 11 is 0. The summed E-state index contributed by atoms with van der Waals surface area (Å²) in [7, 11) is -0.00787. The lowest BCUT2D eigenvalue weighted by Crippen LogP contribution is -2.41. The fourth-order valence-electron chi connectivity index (χ4n) is 2.33. The van der Waals surface area contributed by atoms with Crippen molar-refractivity contribution in [3.8, 4) is 0 Å². The van der Waals surface area contributed by atoms with Crippen LogP contribution in [0.25, 0.3) is 0 Å². The topological polar surface area (TPSA) is 18.5 Å². The first-order valence-electron chi connectivity index (χ1n) is 7.19. The Bertz CT molecular complexity index is 222. The largest absolute Gasteiger partial charge is 0.461 e. The van der Waals surface area contributed by atoms with Crippen LogP contribution in [0.3, 0.4) is 0 Å². The molecule has 0 spiro atoms. The molecule has 0 amide bonds. The molecule has 1 aliphatic heterocycles. The van der Waals surface area contributed by atoms with E-state index in [0.717, 1.165) is 0 Å². The Morgan fingerprint density at radius 1 is 0.882 bits per heavy atom. The van der Waals surface area contributed by atoms with Crippen LogP contribution in [0.2, 0.25) is 5.82 Å². The van der Waals surface area contributed by atoms with Gasteiger partial charge in [-0.15, -0.1) is 0 Å². The van der Waals surface area contributed by atoms with E-state index in [9.17, 15) is 0 Å². The molecule has 0 aliphatic carbocycles. The Labute approximate surface area is 108 Å². The van der Waals surface area contributed by atoms with E-state index in [4.69, 9.17) is 9.31 Å². The van der Waals surface area contributed by atoms with Crippen LogP contribution in [0.15, 0.2) is 0 Å². The van der Waals surface area contributed by atoms with E-state index in [0.29, 0.717) is 5.82 Å². The van der Waals surface area contributed by atoms with Gasteiger partial charge in [0.05, 0.1) is 11.2 Å². The smallest absolute Gasteiger partial charge is 0.403 e. The highest BCUT2D eigenvalue weighted by Gasteiger charge is 2.53. The zero-order valence-electron chi connectivity index (χ0n) is 12.5. The molecular formula is C14H29BO2. The number of rotatable bonds is 6. The second-order valence-electron chi connectivity index (χ2n) is 6.32. The first kappa shape index (κ1) is 15.0. The van der Waals surface area contributed by atoms with Gasteiger partial charge in [-0.3, -0.25) is 0 Å². The summed E-state index contributed by atoms with van der Waals surface area (Å²) in [6, 6.07) is 0. The fourth-order valence-corrected chi connectivity index (χ4v) is 2.33. The summed E-state index contributed by atoms with van der Waals surface area (Å²) < 4.78 is 12.3. The average molecular weight is 240 g/mol. The summed E-state index contributed by atoms with van der Waals surface area (Å²) in [5.74, 6) is 0.556. The summed E-state index contributed by atoms with van der Waals surface area (Å²) in [6.45, 7) is 13.0. The van der Waals surface area contributed by atoms with Crippen molar-refractivity contribution in [2.24, 2.45) is 0 Å². The van der Waals surface area contributed by atoms with Crippen LogP contribution < -0.4 is 0 Å². The lowest BCUT2D eigenvalue weighted by atomic mass is 9.67. The molecule has 1 fully saturated rings. The molecule has 0 N–H and O–H groups in total. The predicted octanol–water partition coefficient (Wildman–Crippen LogP) is 4.44. The van der Waals surface area contributed by atoms with E-state index in [2.05, 4.69) is 41.5 Å². The van der Waals surface area contributed by atoms with E-state index in [1.54, 1.807) is 0 Å². The molecule has 1 aliphatic rings. The maximum atomic E-state index is 6.15. The molecule has 0 aromatic carbocycles. The molecular weight excluding hydrogens is 211 g/mol. The van der Waals surface area contributed by atoms with Crippen LogP contribution in [0.1, 0.15) is 73.6 Å². The maximum absolute atomic E-state index is 6.15. The Morgan fingerprint density at radius 2 is 1.41 bits per heavy atom. The van der Waals surface area contributed by atoms with Gasteiger partial charge in [-0.2, -0.15) is 0 Å². The normalized spacial score (nSPS) is 24.0. The van der Waals surface area contributed by atoms with Crippen LogP contribution in [-0.4, -0.2) is 18.3 Å².